The summed E-state index contributed by atoms with van der Waals surface area (Å²) in [6.45, 7) is 0.831. The average molecular weight is 512 g/mol. The van der Waals surface area contributed by atoms with E-state index in [4.69, 9.17) is 11.5 Å². The van der Waals surface area contributed by atoms with E-state index in [9.17, 15) is 24.3 Å². The van der Waals surface area contributed by atoms with Gasteiger partial charge in [-0.05, 0) is 50.7 Å². The van der Waals surface area contributed by atoms with Gasteiger partial charge in [-0.25, -0.2) is 9.78 Å². The van der Waals surface area contributed by atoms with Crippen molar-refractivity contribution in [1.82, 2.24) is 25.5 Å². The third kappa shape index (κ3) is 8.82. The lowest BCUT2D eigenvalue weighted by Crippen LogP contribution is -2.57. The molecule has 8 N–H and O–H groups in total. The predicted octanol–water partition coefficient (Wildman–Crippen LogP) is -0.793. The zero-order chi connectivity index (χ0) is 25.8. The standard InChI is InChI=1S/C22H37N7O5S/c1-35-10-7-16(21(32)29-9-4-6-18(29)22(33)34)27-20(31)17(11-14-12-25-13-26-14)28-19(30)15(24)5-2-3-8-23/h12-13,15-18H,2-11,23-24H2,1H3,(H,25,26)(H,27,31)(H,28,30)(H,33,34). The van der Waals surface area contributed by atoms with Gasteiger partial charge in [0.25, 0.3) is 0 Å². The first-order valence-corrected chi connectivity index (χ1v) is 13.2. The number of carboxylic acid groups (broad SMARTS) is 1. The SMILES string of the molecule is CSCCC(NC(=O)C(Cc1cnc[nH]1)NC(=O)C(N)CCCCN)C(=O)N1CCCC1C(=O)O. The Labute approximate surface area is 209 Å². The van der Waals surface area contributed by atoms with Crippen LogP contribution in [0.4, 0.5) is 0 Å². The van der Waals surface area contributed by atoms with Gasteiger partial charge in [-0.3, -0.25) is 14.4 Å². The van der Waals surface area contributed by atoms with E-state index < -0.39 is 47.9 Å². The number of unbranched alkanes of at least 4 members (excludes halogenated alkanes) is 1. The minimum Gasteiger partial charge on any atom is -0.480 e. The molecule has 196 valence electrons. The van der Waals surface area contributed by atoms with E-state index in [1.54, 1.807) is 6.20 Å². The van der Waals surface area contributed by atoms with Gasteiger partial charge in [0.05, 0.1) is 12.4 Å². The van der Waals surface area contributed by atoms with Crippen LogP contribution in [0.2, 0.25) is 0 Å². The number of hydrogen-bond donors (Lipinski definition) is 6. The summed E-state index contributed by atoms with van der Waals surface area (Å²) in [5, 5.41) is 14.9. The van der Waals surface area contributed by atoms with Gasteiger partial charge in [0.15, 0.2) is 0 Å². The maximum atomic E-state index is 13.3. The molecule has 13 heteroatoms. The normalized spacial score (nSPS) is 18.0. The third-order valence-electron chi connectivity index (χ3n) is 5.96. The van der Waals surface area contributed by atoms with E-state index in [0.717, 1.165) is 6.42 Å². The Morgan fingerprint density at radius 3 is 2.60 bits per heavy atom. The van der Waals surface area contributed by atoms with Gasteiger partial charge in [-0.15, -0.1) is 0 Å². The molecule has 12 nitrogen and oxygen atoms in total. The first-order chi connectivity index (χ1) is 16.8. The van der Waals surface area contributed by atoms with E-state index in [0.29, 0.717) is 56.6 Å². The van der Waals surface area contributed by atoms with Crippen LogP contribution in [0.5, 0.6) is 0 Å². The summed E-state index contributed by atoms with van der Waals surface area (Å²) in [5.41, 5.74) is 12.1. The molecule has 0 aromatic carbocycles. The Hall–Kier alpha value is -2.64. The van der Waals surface area contributed by atoms with Crippen LogP contribution in [0.15, 0.2) is 12.5 Å². The molecule has 0 saturated carbocycles. The number of rotatable bonds is 15. The molecule has 4 unspecified atom stereocenters. The van der Waals surface area contributed by atoms with E-state index >= 15 is 0 Å². The quantitative estimate of drug-likeness (QED) is 0.163. The fraction of sp³-hybridized carbons (Fsp3) is 0.682. The number of H-pyrrole nitrogens is 1. The monoisotopic (exact) mass is 511 g/mol. The highest BCUT2D eigenvalue weighted by Crippen LogP contribution is 2.20. The number of nitrogens with two attached hydrogens (primary N) is 2. The molecule has 1 aromatic heterocycles. The summed E-state index contributed by atoms with van der Waals surface area (Å²) in [6.07, 6.45) is 8.18. The average Bonchev–Trinajstić information content (AvgIpc) is 3.53. The molecule has 35 heavy (non-hydrogen) atoms. The molecule has 2 heterocycles. The van der Waals surface area contributed by atoms with Crippen LogP contribution in [-0.2, 0) is 25.6 Å². The number of carbonyl (C=O) groups is 4. The van der Waals surface area contributed by atoms with Crippen LogP contribution < -0.4 is 22.1 Å². The molecule has 1 aromatic rings. The van der Waals surface area contributed by atoms with E-state index in [1.165, 1.54) is 23.0 Å². The van der Waals surface area contributed by atoms with Crippen LogP contribution in [0.3, 0.4) is 0 Å². The Balaban J connectivity index is 2.14. The number of aromatic nitrogens is 2. The number of aromatic amines is 1. The first kappa shape index (κ1) is 28.6. The zero-order valence-corrected chi connectivity index (χ0v) is 20.9. The molecule has 1 fully saturated rings. The molecule has 0 bridgehead atoms. The maximum Gasteiger partial charge on any atom is 0.326 e. The lowest BCUT2D eigenvalue weighted by atomic mass is 10.1. The highest BCUT2D eigenvalue weighted by atomic mass is 32.2. The maximum absolute atomic E-state index is 13.3. The molecule has 1 aliphatic rings. The van der Waals surface area contributed by atoms with Crippen molar-refractivity contribution < 1.29 is 24.3 Å². The number of nitrogens with zero attached hydrogens (tertiary/aromatic N) is 2. The Kier molecular flexibility index (Phi) is 12.0. The largest absolute Gasteiger partial charge is 0.480 e. The number of likely N-dealkylation sites (tertiary alicyclic amines) is 1. The van der Waals surface area contributed by atoms with E-state index in [-0.39, 0.29) is 6.42 Å². The number of carbonyl (C=O) groups excluding carboxylic acids is 3. The molecule has 4 atom stereocenters. The van der Waals surface area contributed by atoms with Crippen molar-refractivity contribution in [1.29, 1.82) is 0 Å². The van der Waals surface area contributed by atoms with E-state index in [2.05, 4.69) is 20.6 Å². The van der Waals surface area contributed by atoms with Gasteiger partial charge in [-0.2, -0.15) is 11.8 Å². The van der Waals surface area contributed by atoms with Gasteiger partial charge in [0.1, 0.15) is 18.1 Å². The van der Waals surface area contributed by atoms with Crippen LogP contribution in [0.25, 0.3) is 0 Å². The fourth-order valence-electron chi connectivity index (χ4n) is 4.00. The molecular formula is C22H37N7O5S. The summed E-state index contributed by atoms with van der Waals surface area (Å²) in [5.74, 6) is -1.92. The Bertz CT molecular complexity index is 838. The van der Waals surface area contributed by atoms with Crippen molar-refractivity contribution in [2.24, 2.45) is 11.5 Å². The van der Waals surface area contributed by atoms with Crippen molar-refractivity contribution in [2.45, 2.75) is 69.1 Å². The molecule has 1 aliphatic heterocycles. The molecule has 0 spiro atoms. The Morgan fingerprint density at radius 2 is 1.97 bits per heavy atom. The number of thioether (sulfide) groups is 1. The summed E-state index contributed by atoms with van der Waals surface area (Å²) >= 11 is 1.51. The van der Waals surface area contributed by atoms with Crippen molar-refractivity contribution >= 4 is 35.5 Å². The van der Waals surface area contributed by atoms with Crippen LogP contribution in [-0.4, -0.2) is 92.9 Å². The van der Waals surface area contributed by atoms with Gasteiger partial charge in [-0.1, -0.05) is 6.42 Å². The van der Waals surface area contributed by atoms with Crippen LogP contribution in [0.1, 0.15) is 44.2 Å². The number of nitrogens with one attached hydrogen (secondary N) is 3. The highest BCUT2D eigenvalue weighted by molar-refractivity contribution is 7.98. The first-order valence-electron chi connectivity index (χ1n) is 11.8. The second-order valence-corrected chi connectivity index (χ2v) is 9.59. The molecule has 3 amide bonds. The molecule has 0 radical (unpaired) electrons. The summed E-state index contributed by atoms with van der Waals surface area (Å²) < 4.78 is 0. The minimum atomic E-state index is -1.06. The van der Waals surface area contributed by atoms with Gasteiger partial charge in [0, 0.05) is 24.9 Å². The van der Waals surface area contributed by atoms with E-state index in [1.807, 2.05) is 6.26 Å². The summed E-state index contributed by atoms with van der Waals surface area (Å²) in [6, 6.07) is -3.60. The number of imidazole rings is 1. The second kappa shape index (κ2) is 14.7. The van der Waals surface area contributed by atoms with Crippen molar-refractivity contribution in [2.75, 3.05) is 25.1 Å². The fourth-order valence-corrected chi connectivity index (χ4v) is 4.47. The third-order valence-corrected chi connectivity index (χ3v) is 6.61. The molecule has 2 rings (SSSR count). The molecule has 1 saturated heterocycles. The predicted molar refractivity (Wildman–Crippen MR) is 132 cm³/mol. The van der Waals surface area contributed by atoms with Crippen LogP contribution >= 0.6 is 11.8 Å². The van der Waals surface area contributed by atoms with Crippen molar-refractivity contribution in [3.63, 3.8) is 0 Å². The van der Waals surface area contributed by atoms with Crippen LogP contribution in [0, 0.1) is 0 Å². The molecule has 0 aliphatic carbocycles. The zero-order valence-electron chi connectivity index (χ0n) is 20.1. The number of carboxylic acids is 1. The summed E-state index contributed by atoms with van der Waals surface area (Å²) in [7, 11) is 0. The minimum absolute atomic E-state index is 0.123. The van der Waals surface area contributed by atoms with Gasteiger partial charge in [0.2, 0.25) is 17.7 Å². The van der Waals surface area contributed by atoms with Crippen molar-refractivity contribution in [3.8, 4) is 0 Å². The smallest absolute Gasteiger partial charge is 0.326 e. The number of hydrogen-bond acceptors (Lipinski definition) is 8. The number of amides is 3. The van der Waals surface area contributed by atoms with Gasteiger partial charge >= 0.3 is 5.97 Å². The molecular weight excluding hydrogens is 474 g/mol. The second-order valence-electron chi connectivity index (χ2n) is 8.60. The van der Waals surface area contributed by atoms with Crippen molar-refractivity contribution in [3.05, 3.63) is 18.2 Å². The Morgan fingerprint density at radius 1 is 1.23 bits per heavy atom. The number of aliphatic carboxylic acids is 1. The highest BCUT2D eigenvalue weighted by Gasteiger charge is 2.38. The lowest BCUT2D eigenvalue weighted by Gasteiger charge is -2.29. The topological polar surface area (TPSA) is 197 Å². The van der Waals surface area contributed by atoms with Gasteiger partial charge < -0.3 is 37.1 Å². The summed E-state index contributed by atoms with van der Waals surface area (Å²) in [4.78, 5) is 59.0. The lowest BCUT2D eigenvalue weighted by molar-refractivity contribution is -0.149.